The SMILES string of the molecule is COc1csc(-c2nc(CN3CCNCC3)no2)c1. The predicted molar refractivity (Wildman–Crippen MR) is 72.3 cm³/mol. The van der Waals surface area contributed by atoms with Gasteiger partial charge in [-0.25, -0.2) is 0 Å². The lowest BCUT2D eigenvalue weighted by molar-refractivity contribution is 0.225. The van der Waals surface area contributed by atoms with E-state index in [0.717, 1.165) is 49.2 Å². The Labute approximate surface area is 115 Å². The van der Waals surface area contributed by atoms with Crippen LogP contribution in [0.1, 0.15) is 5.82 Å². The van der Waals surface area contributed by atoms with Crippen LogP contribution in [-0.2, 0) is 6.54 Å². The van der Waals surface area contributed by atoms with E-state index in [2.05, 4.69) is 20.4 Å². The first-order valence-electron chi connectivity index (χ1n) is 6.24. The quantitative estimate of drug-likeness (QED) is 0.908. The Morgan fingerprint density at radius 2 is 2.32 bits per heavy atom. The number of rotatable bonds is 4. The highest BCUT2D eigenvalue weighted by atomic mass is 32.1. The van der Waals surface area contributed by atoms with Crippen LogP contribution >= 0.6 is 11.3 Å². The third-order valence-electron chi connectivity index (χ3n) is 3.06. The molecule has 0 amide bonds. The molecule has 1 saturated heterocycles. The minimum absolute atomic E-state index is 0.568. The van der Waals surface area contributed by atoms with Crippen LogP contribution < -0.4 is 10.1 Å². The number of hydrogen-bond donors (Lipinski definition) is 1. The molecule has 6 nitrogen and oxygen atoms in total. The normalized spacial score (nSPS) is 16.7. The first kappa shape index (κ1) is 12.6. The number of nitrogens with zero attached hydrogens (tertiary/aromatic N) is 3. The fraction of sp³-hybridized carbons (Fsp3) is 0.500. The van der Waals surface area contributed by atoms with Crippen LogP contribution in [0.4, 0.5) is 0 Å². The summed E-state index contributed by atoms with van der Waals surface area (Å²) < 4.78 is 10.5. The van der Waals surface area contributed by atoms with Gasteiger partial charge in [0.25, 0.3) is 5.89 Å². The molecule has 0 saturated carbocycles. The number of nitrogens with one attached hydrogen (secondary N) is 1. The number of aromatic nitrogens is 2. The number of ether oxygens (including phenoxy) is 1. The van der Waals surface area contributed by atoms with E-state index in [9.17, 15) is 0 Å². The molecule has 0 bridgehead atoms. The van der Waals surface area contributed by atoms with E-state index < -0.39 is 0 Å². The Kier molecular flexibility index (Phi) is 3.77. The maximum Gasteiger partial charge on any atom is 0.268 e. The zero-order chi connectivity index (χ0) is 13.1. The number of methoxy groups -OCH3 is 1. The van der Waals surface area contributed by atoms with Gasteiger partial charge < -0.3 is 14.6 Å². The first-order valence-corrected chi connectivity index (χ1v) is 7.11. The standard InChI is InChI=1S/C12H16N4O2S/c1-17-9-6-10(19-8-9)12-14-11(15-18-12)7-16-4-2-13-3-5-16/h6,8,13H,2-5,7H2,1H3. The third-order valence-corrected chi connectivity index (χ3v) is 3.96. The fourth-order valence-electron chi connectivity index (χ4n) is 2.03. The van der Waals surface area contributed by atoms with Crippen LogP contribution in [0.15, 0.2) is 16.0 Å². The Balaban J connectivity index is 1.68. The molecular formula is C12H16N4O2S. The molecule has 3 rings (SSSR count). The highest BCUT2D eigenvalue weighted by Gasteiger charge is 2.15. The summed E-state index contributed by atoms with van der Waals surface area (Å²) in [7, 11) is 1.65. The summed E-state index contributed by atoms with van der Waals surface area (Å²) in [6.07, 6.45) is 0. The van der Waals surface area contributed by atoms with Crippen molar-refractivity contribution >= 4 is 11.3 Å². The van der Waals surface area contributed by atoms with E-state index in [0.29, 0.717) is 5.89 Å². The molecule has 2 aromatic heterocycles. The first-order chi connectivity index (χ1) is 9.35. The highest BCUT2D eigenvalue weighted by molar-refractivity contribution is 7.13. The van der Waals surface area contributed by atoms with Gasteiger partial charge in [-0.3, -0.25) is 4.90 Å². The van der Waals surface area contributed by atoms with Crippen molar-refractivity contribution in [1.29, 1.82) is 0 Å². The molecule has 7 heteroatoms. The van der Waals surface area contributed by atoms with Crippen molar-refractivity contribution in [3.8, 4) is 16.5 Å². The predicted octanol–water partition coefficient (Wildman–Crippen LogP) is 1.21. The van der Waals surface area contributed by atoms with E-state index in [1.165, 1.54) is 0 Å². The number of piperazine rings is 1. The van der Waals surface area contributed by atoms with Gasteiger partial charge in [0, 0.05) is 37.6 Å². The van der Waals surface area contributed by atoms with Gasteiger partial charge in [-0.05, 0) is 0 Å². The van der Waals surface area contributed by atoms with Crippen molar-refractivity contribution in [2.75, 3.05) is 33.3 Å². The largest absolute Gasteiger partial charge is 0.496 e. The Morgan fingerprint density at radius 1 is 1.47 bits per heavy atom. The van der Waals surface area contributed by atoms with Crippen molar-refractivity contribution < 1.29 is 9.26 Å². The van der Waals surface area contributed by atoms with Crippen molar-refractivity contribution in [2.24, 2.45) is 0 Å². The van der Waals surface area contributed by atoms with Crippen LogP contribution in [0, 0.1) is 0 Å². The lowest BCUT2D eigenvalue weighted by Crippen LogP contribution is -2.43. The van der Waals surface area contributed by atoms with Gasteiger partial charge in [-0.2, -0.15) is 4.98 Å². The van der Waals surface area contributed by atoms with Crippen molar-refractivity contribution in [2.45, 2.75) is 6.54 Å². The van der Waals surface area contributed by atoms with E-state index in [1.54, 1.807) is 18.4 Å². The Bertz CT molecular complexity index is 533. The maximum atomic E-state index is 5.30. The summed E-state index contributed by atoms with van der Waals surface area (Å²) >= 11 is 1.54. The fourth-order valence-corrected chi connectivity index (χ4v) is 2.80. The zero-order valence-corrected chi connectivity index (χ0v) is 11.6. The molecule has 19 heavy (non-hydrogen) atoms. The minimum Gasteiger partial charge on any atom is -0.496 e. The van der Waals surface area contributed by atoms with Crippen molar-refractivity contribution in [3.05, 3.63) is 17.3 Å². The molecule has 0 aromatic carbocycles. The maximum absolute atomic E-state index is 5.30. The summed E-state index contributed by atoms with van der Waals surface area (Å²) in [5, 5.41) is 9.29. The molecule has 2 aromatic rings. The molecule has 1 N–H and O–H groups in total. The average molecular weight is 280 g/mol. The monoisotopic (exact) mass is 280 g/mol. The van der Waals surface area contributed by atoms with Crippen LogP contribution in [-0.4, -0.2) is 48.3 Å². The molecule has 0 spiro atoms. The highest BCUT2D eigenvalue weighted by Crippen LogP contribution is 2.29. The molecule has 0 atom stereocenters. The van der Waals surface area contributed by atoms with Crippen molar-refractivity contribution in [1.82, 2.24) is 20.4 Å². The van der Waals surface area contributed by atoms with Crippen LogP contribution in [0.25, 0.3) is 10.8 Å². The second-order valence-electron chi connectivity index (χ2n) is 4.39. The van der Waals surface area contributed by atoms with E-state index >= 15 is 0 Å². The third kappa shape index (κ3) is 2.94. The second-order valence-corrected chi connectivity index (χ2v) is 5.30. The van der Waals surface area contributed by atoms with Crippen LogP contribution in [0.5, 0.6) is 5.75 Å². The van der Waals surface area contributed by atoms with Gasteiger partial charge >= 0.3 is 0 Å². The topological polar surface area (TPSA) is 63.4 Å². The van der Waals surface area contributed by atoms with Gasteiger partial charge in [-0.15, -0.1) is 11.3 Å². The average Bonchev–Trinajstić information content (AvgIpc) is 3.08. The van der Waals surface area contributed by atoms with Gasteiger partial charge in [0.05, 0.1) is 18.5 Å². The summed E-state index contributed by atoms with van der Waals surface area (Å²) in [5.74, 6) is 2.13. The van der Waals surface area contributed by atoms with Gasteiger partial charge in [0.2, 0.25) is 0 Å². The van der Waals surface area contributed by atoms with Gasteiger partial charge in [0.1, 0.15) is 5.75 Å². The summed E-state index contributed by atoms with van der Waals surface area (Å²) in [6.45, 7) is 4.83. The molecule has 1 aliphatic rings. The molecule has 0 aliphatic carbocycles. The number of hydrogen-bond acceptors (Lipinski definition) is 7. The summed E-state index contributed by atoms with van der Waals surface area (Å²) in [4.78, 5) is 7.70. The van der Waals surface area contributed by atoms with Crippen LogP contribution in [0.2, 0.25) is 0 Å². The zero-order valence-electron chi connectivity index (χ0n) is 10.8. The minimum atomic E-state index is 0.568. The van der Waals surface area contributed by atoms with Crippen molar-refractivity contribution in [3.63, 3.8) is 0 Å². The Morgan fingerprint density at radius 3 is 3.05 bits per heavy atom. The molecule has 3 heterocycles. The molecule has 1 fully saturated rings. The molecule has 0 radical (unpaired) electrons. The van der Waals surface area contributed by atoms with Crippen LogP contribution in [0.3, 0.4) is 0 Å². The molecule has 1 aliphatic heterocycles. The Hall–Kier alpha value is -1.44. The molecular weight excluding hydrogens is 264 g/mol. The smallest absolute Gasteiger partial charge is 0.268 e. The van der Waals surface area contributed by atoms with Gasteiger partial charge in [0.15, 0.2) is 5.82 Å². The van der Waals surface area contributed by atoms with Gasteiger partial charge in [-0.1, -0.05) is 5.16 Å². The van der Waals surface area contributed by atoms with E-state index in [-0.39, 0.29) is 0 Å². The lowest BCUT2D eigenvalue weighted by Gasteiger charge is -2.25. The van der Waals surface area contributed by atoms with E-state index in [1.807, 2.05) is 11.4 Å². The summed E-state index contributed by atoms with van der Waals surface area (Å²) in [6, 6.07) is 1.91. The lowest BCUT2D eigenvalue weighted by atomic mass is 10.3. The van der Waals surface area contributed by atoms with E-state index in [4.69, 9.17) is 9.26 Å². The molecule has 102 valence electrons. The molecule has 0 unspecified atom stereocenters. The number of thiophene rings is 1. The second kappa shape index (κ2) is 5.68. The summed E-state index contributed by atoms with van der Waals surface area (Å²) in [5.41, 5.74) is 0.